The van der Waals surface area contributed by atoms with Crippen molar-refractivity contribution in [1.82, 2.24) is 0 Å². The van der Waals surface area contributed by atoms with Crippen molar-refractivity contribution in [3.8, 4) is 5.75 Å². The van der Waals surface area contributed by atoms with Crippen LogP contribution in [0.1, 0.15) is 20.7 Å². The predicted octanol–water partition coefficient (Wildman–Crippen LogP) is 3.50. The van der Waals surface area contributed by atoms with Gasteiger partial charge in [0.15, 0.2) is 0 Å². The van der Waals surface area contributed by atoms with E-state index in [0.29, 0.717) is 5.56 Å². The molecule has 0 spiro atoms. The van der Waals surface area contributed by atoms with Gasteiger partial charge in [-0.25, -0.2) is 4.79 Å². The molecule has 0 aliphatic heterocycles. The maximum atomic E-state index is 12.4. The van der Waals surface area contributed by atoms with Crippen LogP contribution in [-0.4, -0.2) is 22.1 Å². The van der Waals surface area contributed by atoms with Gasteiger partial charge in [0.05, 0.1) is 11.3 Å². The summed E-state index contributed by atoms with van der Waals surface area (Å²) in [6.07, 6.45) is 0. The van der Waals surface area contributed by atoms with Crippen LogP contribution in [0.2, 0.25) is 0 Å². The molecule has 0 unspecified atom stereocenters. The number of carboxylic acids is 1. The minimum absolute atomic E-state index is 0.113. The van der Waals surface area contributed by atoms with E-state index in [2.05, 4.69) is 5.32 Å². The Morgan fingerprint density at radius 1 is 0.870 bits per heavy atom. The fourth-order valence-corrected chi connectivity index (χ4v) is 2.37. The molecule has 3 aromatic rings. The molecule has 0 radical (unpaired) electrons. The van der Waals surface area contributed by atoms with Crippen molar-refractivity contribution in [2.45, 2.75) is 0 Å². The highest BCUT2D eigenvalue weighted by Gasteiger charge is 2.17. The van der Waals surface area contributed by atoms with E-state index in [1.54, 1.807) is 12.1 Å². The zero-order chi connectivity index (χ0) is 16.4. The molecular weight excluding hydrogens is 294 g/mol. The van der Waals surface area contributed by atoms with Crippen molar-refractivity contribution >= 4 is 28.3 Å². The van der Waals surface area contributed by atoms with Crippen LogP contribution in [0, 0.1) is 0 Å². The zero-order valence-electron chi connectivity index (χ0n) is 12.0. The third-order valence-electron chi connectivity index (χ3n) is 3.52. The Balaban J connectivity index is 1.96. The van der Waals surface area contributed by atoms with E-state index >= 15 is 0 Å². The molecule has 5 heteroatoms. The van der Waals surface area contributed by atoms with Crippen molar-refractivity contribution in [3.05, 3.63) is 71.8 Å². The number of carbonyl (C=O) groups excluding carboxylic acids is 1. The molecule has 5 nitrogen and oxygen atoms in total. The molecule has 23 heavy (non-hydrogen) atoms. The number of amides is 1. The quantitative estimate of drug-likeness (QED) is 0.646. The molecule has 3 N–H and O–H groups in total. The van der Waals surface area contributed by atoms with E-state index in [9.17, 15) is 14.7 Å². The summed E-state index contributed by atoms with van der Waals surface area (Å²) in [6.45, 7) is 0. The van der Waals surface area contributed by atoms with Crippen LogP contribution in [0.25, 0.3) is 10.8 Å². The normalized spacial score (nSPS) is 10.4. The predicted molar refractivity (Wildman–Crippen MR) is 87.0 cm³/mol. The summed E-state index contributed by atoms with van der Waals surface area (Å²) in [6, 6.07) is 16.8. The summed E-state index contributed by atoms with van der Waals surface area (Å²) in [5.74, 6) is -2.01. The van der Waals surface area contributed by atoms with Gasteiger partial charge in [0.25, 0.3) is 5.91 Å². The molecule has 0 aliphatic carbocycles. The summed E-state index contributed by atoms with van der Waals surface area (Å²) in [7, 11) is 0. The van der Waals surface area contributed by atoms with Gasteiger partial charge >= 0.3 is 5.97 Å². The van der Waals surface area contributed by atoms with Gasteiger partial charge < -0.3 is 15.5 Å². The molecule has 0 saturated carbocycles. The Labute approximate surface area is 131 Å². The van der Waals surface area contributed by atoms with E-state index in [1.165, 1.54) is 18.2 Å². The summed E-state index contributed by atoms with van der Waals surface area (Å²) < 4.78 is 0. The van der Waals surface area contributed by atoms with Crippen LogP contribution in [0.4, 0.5) is 5.69 Å². The molecule has 0 heterocycles. The maximum absolute atomic E-state index is 12.4. The minimum Gasteiger partial charge on any atom is -0.506 e. The molecule has 114 valence electrons. The molecule has 0 aromatic heterocycles. The fourth-order valence-electron chi connectivity index (χ4n) is 2.37. The molecule has 0 aliphatic rings. The van der Waals surface area contributed by atoms with E-state index in [-0.39, 0.29) is 17.0 Å². The summed E-state index contributed by atoms with van der Waals surface area (Å²) >= 11 is 0. The number of hydrogen-bond acceptors (Lipinski definition) is 3. The Bertz CT molecular complexity index is 918. The number of benzene rings is 3. The fraction of sp³-hybridized carbons (Fsp3) is 0. The van der Waals surface area contributed by atoms with Gasteiger partial charge in [-0.1, -0.05) is 36.4 Å². The van der Waals surface area contributed by atoms with Crippen LogP contribution in [0.5, 0.6) is 5.75 Å². The largest absolute Gasteiger partial charge is 0.506 e. The lowest BCUT2D eigenvalue weighted by atomic mass is 10.1. The summed E-state index contributed by atoms with van der Waals surface area (Å²) in [5.41, 5.74) is 0.0978. The number of aromatic hydroxyl groups is 1. The van der Waals surface area contributed by atoms with Crippen LogP contribution in [0.15, 0.2) is 60.7 Å². The smallest absolute Gasteiger partial charge is 0.337 e. The van der Waals surface area contributed by atoms with Crippen molar-refractivity contribution < 1.29 is 19.8 Å². The molecule has 0 atom stereocenters. The number of aromatic carboxylic acids is 1. The van der Waals surface area contributed by atoms with Crippen LogP contribution < -0.4 is 5.32 Å². The molecule has 1 amide bonds. The Morgan fingerprint density at radius 2 is 1.61 bits per heavy atom. The standard InChI is InChI=1S/C18H13NO4/c20-15-7-3-6-14(18(22)23)16(15)19-17(21)13-9-8-11-4-1-2-5-12(11)10-13/h1-10,20H,(H,19,21)(H,22,23). The second kappa shape index (κ2) is 5.81. The highest BCUT2D eigenvalue weighted by molar-refractivity contribution is 6.10. The van der Waals surface area contributed by atoms with Crippen molar-refractivity contribution in [2.75, 3.05) is 5.32 Å². The lowest BCUT2D eigenvalue weighted by molar-refractivity contribution is 0.0697. The second-order valence-electron chi connectivity index (χ2n) is 5.02. The second-order valence-corrected chi connectivity index (χ2v) is 5.02. The maximum Gasteiger partial charge on any atom is 0.337 e. The van der Waals surface area contributed by atoms with Gasteiger partial charge in [0, 0.05) is 5.56 Å². The van der Waals surface area contributed by atoms with Gasteiger partial charge in [-0.15, -0.1) is 0 Å². The Kier molecular flexibility index (Phi) is 3.68. The van der Waals surface area contributed by atoms with Gasteiger partial charge in [-0.3, -0.25) is 4.79 Å². The highest BCUT2D eigenvalue weighted by Crippen LogP contribution is 2.28. The monoisotopic (exact) mass is 307 g/mol. The number of phenols is 1. The van der Waals surface area contributed by atoms with Gasteiger partial charge in [-0.2, -0.15) is 0 Å². The molecule has 0 fully saturated rings. The number of para-hydroxylation sites is 1. The number of fused-ring (bicyclic) bond motifs is 1. The molecule has 3 rings (SSSR count). The van der Waals surface area contributed by atoms with Crippen molar-refractivity contribution in [1.29, 1.82) is 0 Å². The SMILES string of the molecule is O=C(Nc1c(O)cccc1C(=O)O)c1ccc2ccccc2c1. The minimum atomic E-state index is -1.23. The average molecular weight is 307 g/mol. The molecule has 0 bridgehead atoms. The lowest BCUT2D eigenvalue weighted by Crippen LogP contribution is -2.15. The van der Waals surface area contributed by atoms with E-state index in [0.717, 1.165) is 10.8 Å². The first-order valence-corrected chi connectivity index (χ1v) is 6.91. The van der Waals surface area contributed by atoms with Gasteiger partial charge in [0.1, 0.15) is 5.75 Å². The Morgan fingerprint density at radius 3 is 2.35 bits per heavy atom. The van der Waals surface area contributed by atoms with Crippen molar-refractivity contribution in [2.24, 2.45) is 0 Å². The zero-order valence-corrected chi connectivity index (χ0v) is 12.0. The summed E-state index contributed by atoms with van der Waals surface area (Å²) in [4.78, 5) is 23.6. The van der Waals surface area contributed by atoms with Crippen molar-refractivity contribution in [3.63, 3.8) is 0 Å². The topological polar surface area (TPSA) is 86.6 Å². The number of carbonyl (C=O) groups is 2. The molecule has 0 saturated heterocycles. The number of anilines is 1. The van der Waals surface area contributed by atoms with E-state index in [4.69, 9.17) is 5.11 Å². The number of hydrogen-bond donors (Lipinski definition) is 3. The van der Waals surface area contributed by atoms with Crippen LogP contribution in [0.3, 0.4) is 0 Å². The van der Waals surface area contributed by atoms with Gasteiger partial charge in [-0.05, 0) is 35.0 Å². The Hall–Kier alpha value is -3.34. The average Bonchev–Trinajstić information content (AvgIpc) is 2.56. The third-order valence-corrected chi connectivity index (χ3v) is 3.52. The first kappa shape index (κ1) is 14.6. The van der Waals surface area contributed by atoms with Crippen LogP contribution >= 0.6 is 0 Å². The first-order valence-electron chi connectivity index (χ1n) is 6.91. The highest BCUT2D eigenvalue weighted by atomic mass is 16.4. The number of nitrogens with one attached hydrogen (secondary N) is 1. The van der Waals surface area contributed by atoms with Crippen LogP contribution in [-0.2, 0) is 0 Å². The van der Waals surface area contributed by atoms with E-state index < -0.39 is 11.9 Å². The lowest BCUT2D eigenvalue weighted by Gasteiger charge is -2.10. The first-order chi connectivity index (χ1) is 11.1. The third kappa shape index (κ3) is 2.85. The number of rotatable bonds is 3. The molecule has 3 aromatic carbocycles. The number of phenolic OH excluding ortho intramolecular Hbond substituents is 1. The molecular formula is C18H13NO4. The number of carboxylic acid groups (broad SMARTS) is 1. The van der Waals surface area contributed by atoms with Gasteiger partial charge in [0.2, 0.25) is 0 Å². The summed E-state index contributed by atoms with van der Waals surface area (Å²) in [5, 5.41) is 23.4. The van der Waals surface area contributed by atoms with E-state index in [1.807, 2.05) is 30.3 Å².